The monoisotopic (exact) mass is 324 g/mol. The van der Waals surface area contributed by atoms with Crippen molar-refractivity contribution in [3.63, 3.8) is 0 Å². The highest BCUT2D eigenvalue weighted by Crippen LogP contribution is 2.30. The summed E-state index contributed by atoms with van der Waals surface area (Å²) in [7, 11) is 0. The summed E-state index contributed by atoms with van der Waals surface area (Å²) in [4.78, 5) is 4.94. The van der Waals surface area contributed by atoms with Gasteiger partial charge in [0.25, 0.3) is 0 Å². The minimum atomic E-state index is 0.202. The summed E-state index contributed by atoms with van der Waals surface area (Å²) >= 11 is 0. The van der Waals surface area contributed by atoms with Crippen LogP contribution in [0.1, 0.15) is 31.0 Å². The molecule has 24 heavy (non-hydrogen) atoms. The highest BCUT2D eigenvalue weighted by Gasteiger charge is 2.32. The largest absolute Gasteiger partial charge is 0.395 e. The molecule has 1 heterocycles. The van der Waals surface area contributed by atoms with Gasteiger partial charge in [-0.15, -0.1) is 0 Å². The Balaban J connectivity index is 1.90. The van der Waals surface area contributed by atoms with Crippen molar-refractivity contribution >= 4 is 0 Å². The molecular weight excluding hydrogens is 296 g/mol. The van der Waals surface area contributed by atoms with Gasteiger partial charge in [-0.25, -0.2) is 0 Å². The predicted molar refractivity (Wildman–Crippen MR) is 99.0 cm³/mol. The van der Waals surface area contributed by atoms with Crippen LogP contribution in [-0.4, -0.2) is 53.2 Å². The molecule has 0 bridgehead atoms. The van der Waals surface area contributed by atoms with Crippen LogP contribution in [-0.2, 0) is 0 Å². The standard InChI is InChI=1S/C21H28N2O/c1-17(2)23-14-13-22(15-20(23)16-24)21(18-9-5-3-6-10-18)19-11-7-4-8-12-19/h3-12,17,20-21,24H,13-16H2,1-2H3/t20-/m1/s1. The van der Waals surface area contributed by atoms with Gasteiger partial charge in [0.2, 0.25) is 0 Å². The molecule has 1 fully saturated rings. The van der Waals surface area contributed by atoms with Crippen molar-refractivity contribution in [2.45, 2.75) is 32.0 Å². The number of rotatable bonds is 5. The van der Waals surface area contributed by atoms with E-state index in [2.05, 4.69) is 84.3 Å². The van der Waals surface area contributed by atoms with Crippen molar-refractivity contribution < 1.29 is 5.11 Å². The molecule has 3 heteroatoms. The average Bonchev–Trinajstić information content (AvgIpc) is 2.63. The van der Waals surface area contributed by atoms with Crippen LogP contribution in [0.4, 0.5) is 0 Å². The van der Waals surface area contributed by atoms with Crippen molar-refractivity contribution in [1.29, 1.82) is 0 Å². The van der Waals surface area contributed by atoms with E-state index >= 15 is 0 Å². The molecule has 1 saturated heterocycles. The molecule has 0 amide bonds. The maximum atomic E-state index is 9.88. The number of nitrogens with zero attached hydrogens (tertiary/aromatic N) is 2. The van der Waals surface area contributed by atoms with E-state index in [0.717, 1.165) is 19.6 Å². The van der Waals surface area contributed by atoms with E-state index < -0.39 is 0 Å². The third kappa shape index (κ3) is 3.69. The summed E-state index contributed by atoms with van der Waals surface area (Å²) in [5, 5.41) is 9.88. The first-order valence-electron chi connectivity index (χ1n) is 8.91. The van der Waals surface area contributed by atoms with Crippen LogP contribution in [0.15, 0.2) is 60.7 Å². The van der Waals surface area contributed by atoms with E-state index in [0.29, 0.717) is 6.04 Å². The van der Waals surface area contributed by atoms with Gasteiger partial charge in [0.05, 0.1) is 12.6 Å². The molecule has 0 spiro atoms. The molecule has 2 aromatic rings. The van der Waals surface area contributed by atoms with Crippen molar-refractivity contribution in [2.24, 2.45) is 0 Å². The number of benzene rings is 2. The molecule has 3 rings (SSSR count). The SMILES string of the molecule is CC(C)N1CCN(C(c2ccccc2)c2ccccc2)C[C@@H]1CO. The van der Waals surface area contributed by atoms with Crippen LogP contribution in [0.2, 0.25) is 0 Å². The quantitative estimate of drug-likeness (QED) is 0.915. The summed E-state index contributed by atoms with van der Waals surface area (Å²) < 4.78 is 0. The van der Waals surface area contributed by atoms with Gasteiger partial charge in [0.1, 0.15) is 0 Å². The topological polar surface area (TPSA) is 26.7 Å². The second kappa shape index (κ2) is 7.93. The van der Waals surface area contributed by atoms with Gasteiger partial charge >= 0.3 is 0 Å². The van der Waals surface area contributed by atoms with Gasteiger partial charge < -0.3 is 5.11 Å². The Labute approximate surface area is 145 Å². The number of hydrogen-bond acceptors (Lipinski definition) is 3. The molecule has 0 aliphatic carbocycles. The van der Waals surface area contributed by atoms with E-state index in [-0.39, 0.29) is 18.7 Å². The zero-order valence-electron chi connectivity index (χ0n) is 14.7. The minimum absolute atomic E-state index is 0.202. The van der Waals surface area contributed by atoms with Crippen molar-refractivity contribution in [3.05, 3.63) is 71.8 Å². The summed E-state index contributed by atoms with van der Waals surface area (Å²) in [6, 6.07) is 22.3. The van der Waals surface area contributed by atoms with Gasteiger partial charge in [0, 0.05) is 31.7 Å². The fraction of sp³-hybridized carbons (Fsp3) is 0.429. The zero-order chi connectivity index (χ0) is 16.9. The van der Waals surface area contributed by atoms with Gasteiger partial charge in [0.15, 0.2) is 0 Å². The van der Waals surface area contributed by atoms with E-state index in [1.54, 1.807) is 0 Å². The lowest BCUT2D eigenvalue weighted by Crippen LogP contribution is -2.57. The van der Waals surface area contributed by atoms with E-state index in [1.807, 2.05) is 0 Å². The summed E-state index contributed by atoms with van der Waals surface area (Å²) in [6.07, 6.45) is 0. The Morgan fingerprint density at radius 1 is 0.917 bits per heavy atom. The molecule has 2 aromatic carbocycles. The average molecular weight is 324 g/mol. The molecular formula is C21H28N2O. The molecule has 1 N–H and O–H groups in total. The molecule has 1 aliphatic heterocycles. The minimum Gasteiger partial charge on any atom is -0.395 e. The van der Waals surface area contributed by atoms with Gasteiger partial charge in [-0.2, -0.15) is 0 Å². The lowest BCUT2D eigenvalue weighted by Gasteiger charge is -2.45. The van der Waals surface area contributed by atoms with E-state index in [1.165, 1.54) is 11.1 Å². The Morgan fingerprint density at radius 2 is 1.46 bits per heavy atom. The van der Waals surface area contributed by atoms with Crippen LogP contribution >= 0.6 is 0 Å². The van der Waals surface area contributed by atoms with Crippen LogP contribution in [0.5, 0.6) is 0 Å². The second-order valence-corrected chi connectivity index (χ2v) is 6.89. The summed E-state index contributed by atoms with van der Waals surface area (Å²) in [6.45, 7) is 7.55. The molecule has 3 nitrogen and oxygen atoms in total. The fourth-order valence-electron chi connectivity index (χ4n) is 3.86. The number of aliphatic hydroxyl groups is 1. The van der Waals surface area contributed by atoms with Crippen LogP contribution in [0.3, 0.4) is 0 Å². The number of piperazine rings is 1. The fourth-order valence-corrected chi connectivity index (χ4v) is 3.86. The molecule has 0 aromatic heterocycles. The van der Waals surface area contributed by atoms with Crippen molar-refractivity contribution in [3.8, 4) is 0 Å². The van der Waals surface area contributed by atoms with Crippen LogP contribution in [0.25, 0.3) is 0 Å². The van der Waals surface area contributed by atoms with Gasteiger partial charge in [-0.05, 0) is 25.0 Å². The third-order valence-corrected chi connectivity index (χ3v) is 5.03. The number of aliphatic hydroxyl groups excluding tert-OH is 1. The first kappa shape index (κ1) is 17.2. The van der Waals surface area contributed by atoms with Crippen LogP contribution < -0.4 is 0 Å². The molecule has 128 valence electrons. The van der Waals surface area contributed by atoms with Crippen molar-refractivity contribution in [1.82, 2.24) is 9.80 Å². The van der Waals surface area contributed by atoms with E-state index in [4.69, 9.17) is 0 Å². The Morgan fingerprint density at radius 3 is 1.92 bits per heavy atom. The normalized spacial score (nSPS) is 20.0. The molecule has 0 radical (unpaired) electrons. The molecule has 1 atom stereocenters. The zero-order valence-corrected chi connectivity index (χ0v) is 14.7. The highest BCUT2D eigenvalue weighted by atomic mass is 16.3. The van der Waals surface area contributed by atoms with Gasteiger partial charge in [-0.1, -0.05) is 60.7 Å². The first-order valence-corrected chi connectivity index (χ1v) is 8.91. The maximum absolute atomic E-state index is 9.88. The number of hydrogen-bond donors (Lipinski definition) is 1. The second-order valence-electron chi connectivity index (χ2n) is 6.89. The lowest BCUT2D eigenvalue weighted by molar-refractivity contribution is 0.00963. The Hall–Kier alpha value is -1.68. The predicted octanol–water partition coefficient (Wildman–Crippen LogP) is 3.16. The van der Waals surface area contributed by atoms with Gasteiger partial charge in [-0.3, -0.25) is 9.80 Å². The maximum Gasteiger partial charge on any atom is 0.0602 e. The first-order chi connectivity index (χ1) is 11.7. The third-order valence-electron chi connectivity index (χ3n) is 5.03. The molecule has 0 saturated carbocycles. The summed E-state index contributed by atoms with van der Waals surface area (Å²) in [5.41, 5.74) is 2.64. The van der Waals surface area contributed by atoms with Crippen molar-refractivity contribution in [2.75, 3.05) is 26.2 Å². The molecule has 1 aliphatic rings. The summed E-state index contributed by atoms with van der Waals surface area (Å²) in [5.74, 6) is 0. The van der Waals surface area contributed by atoms with Crippen LogP contribution in [0, 0.1) is 0 Å². The molecule has 0 unspecified atom stereocenters. The lowest BCUT2D eigenvalue weighted by atomic mass is 9.95. The smallest absolute Gasteiger partial charge is 0.0602 e. The van der Waals surface area contributed by atoms with E-state index in [9.17, 15) is 5.11 Å². The highest BCUT2D eigenvalue weighted by molar-refractivity contribution is 5.32. The Bertz CT molecular complexity index is 575. The Kier molecular flexibility index (Phi) is 5.67.